The number of nitrogens with two attached hydrogens (primary N) is 1. The van der Waals surface area contributed by atoms with E-state index in [2.05, 4.69) is 15.3 Å². The number of aliphatic hydroxyl groups excluding tert-OH is 4. The lowest BCUT2D eigenvalue weighted by atomic mass is 9.77. The van der Waals surface area contributed by atoms with Crippen LogP contribution in [0.2, 0.25) is 0 Å². The quantitative estimate of drug-likeness (QED) is 0.0886. The number of nitrogens with zero attached hydrogens (tertiary/aromatic N) is 4. The Morgan fingerprint density at radius 2 is 1.18 bits per heavy atom. The second-order valence-electron chi connectivity index (χ2n) is 13.0. The monoisotopic (exact) mass is 800 g/mol. The molecule has 19 heteroatoms. The predicted octanol–water partition coefficient (Wildman–Crippen LogP) is 2.50. The molecule has 2 aliphatic heterocycles. The molecule has 7 rings (SSSR count). The van der Waals surface area contributed by atoms with E-state index in [9.17, 15) is 42.5 Å². The van der Waals surface area contributed by atoms with Crippen LogP contribution in [0.15, 0.2) is 119 Å². The number of hydrogen-bond acceptors (Lipinski definition) is 13. The maximum absolute atomic E-state index is 14.7. The van der Waals surface area contributed by atoms with E-state index < -0.39 is 78.8 Å². The van der Waals surface area contributed by atoms with Crippen LogP contribution in [0.4, 0.5) is 29.2 Å². The first-order chi connectivity index (χ1) is 27.2. The SMILES string of the molecule is COc1ccc(C(Nc2ccn([C@@H]3O[C@H](CO)[C@@H](O)C3(F)F)c(=O)n2)(c2ccccc2)c2ccccc2)cc1.Nc1ccn([C@@H]2O[C@H](CO)[C@@H](O)C2(F)F)c(=O)n1.[HH]. The summed E-state index contributed by atoms with van der Waals surface area (Å²) >= 11 is 0. The molecule has 0 amide bonds. The van der Waals surface area contributed by atoms with E-state index in [0.29, 0.717) is 14.9 Å². The van der Waals surface area contributed by atoms with Gasteiger partial charge in [-0.3, -0.25) is 9.13 Å². The number of anilines is 2. The van der Waals surface area contributed by atoms with Crippen LogP contribution in [-0.2, 0) is 15.0 Å². The van der Waals surface area contributed by atoms with Crippen LogP contribution in [-0.4, -0.2) is 96.1 Å². The molecule has 6 atom stereocenters. The highest BCUT2D eigenvalue weighted by Crippen LogP contribution is 2.44. The highest BCUT2D eigenvalue weighted by Gasteiger charge is 2.60. The summed E-state index contributed by atoms with van der Waals surface area (Å²) in [4.78, 5) is 31.8. The fraction of sp³-hybridized carbons (Fsp3) is 0.316. The summed E-state index contributed by atoms with van der Waals surface area (Å²) in [5, 5.41) is 40.7. The van der Waals surface area contributed by atoms with Crippen molar-refractivity contribution in [1.82, 2.24) is 19.1 Å². The molecule has 3 aromatic carbocycles. The van der Waals surface area contributed by atoms with Crippen LogP contribution in [0, 0.1) is 0 Å². The van der Waals surface area contributed by atoms with Crippen molar-refractivity contribution >= 4 is 11.6 Å². The molecule has 57 heavy (non-hydrogen) atoms. The molecule has 2 aromatic heterocycles. The summed E-state index contributed by atoms with van der Waals surface area (Å²) in [6.45, 7) is -1.61. The number of hydrogen-bond donors (Lipinski definition) is 6. The maximum Gasteiger partial charge on any atom is 0.351 e. The second-order valence-corrected chi connectivity index (χ2v) is 13.0. The predicted molar refractivity (Wildman–Crippen MR) is 197 cm³/mol. The summed E-state index contributed by atoms with van der Waals surface area (Å²) < 4.78 is 73.2. The molecule has 0 unspecified atom stereocenters. The fourth-order valence-electron chi connectivity index (χ4n) is 6.63. The molecule has 0 radical (unpaired) electrons. The highest BCUT2D eigenvalue weighted by molar-refractivity contribution is 5.58. The summed E-state index contributed by atoms with van der Waals surface area (Å²) in [5.74, 6) is -6.85. The lowest BCUT2D eigenvalue weighted by molar-refractivity contribution is -0.141. The van der Waals surface area contributed by atoms with Crippen LogP contribution >= 0.6 is 0 Å². The van der Waals surface area contributed by atoms with Crippen molar-refractivity contribution in [1.29, 1.82) is 0 Å². The van der Waals surface area contributed by atoms with Crippen LogP contribution in [0.3, 0.4) is 0 Å². The molecule has 2 fully saturated rings. The number of rotatable bonds is 10. The zero-order valence-corrected chi connectivity index (χ0v) is 30.0. The number of nitrogens with one attached hydrogen (secondary N) is 1. The summed E-state index contributed by atoms with van der Waals surface area (Å²) in [7, 11) is 1.58. The largest absolute Gasteiger partial charge is 0.497 e. The third kappa shape index (κ3) is 7.72. The first-order valence-electron chi connectivity index (χ1n) is 17.3. The van der Waals surface area contributed by atoms with Gasteiger partial charge in [0.2, 0.25) is 12.5 Å². The van der Waals surface area contributed by atoms with Gasteiger partial charge in [0, 0.05) is 13.8 Å². The molecule has 4 heterocycles. The number of ether oxygens (including phenoxy) is 3. The van der Waals surface area contributed by atoms with Crippen molar-refractivity contribution in [3.05, 3.63) is 147 Å². The Balaban J connectivity index is 0.000000283. The Bertz CT molecular complexity index is 2220. The van der Waals surface area contributed by atoms with Gasteiger partial charge in [-0.1, -0.05) is 72.8 Å². The van der Waals surface area contributed by atoms with Crippen LogP contribution in [0.5, 0.6) is 5.75 Å². The van der Waals surface area contributed by atoms with Crippen LogP contribution in [0.25, 0.3) is 0 Å². The molecule has 304 valence electrons. The van der Waals surface area contributed by atoms with E-state index in [-0.39, 0.29) is 13.1 Å². The third-order valence-electron chi connectivity index (χ3n) is 9.56. The number of nitrogen functional groups attached to an aromatic ring is 1. The molecule has 5 aromatic rings. The van der Waals surface area contributed by atoms with Gasteiger partial charge in [-0.2, -0.15) is 27.5 Å². The van der Waals surface area contributed by atoms with Gasteiger partial charge in [0.15, 0.2) is 12.2 Å². The van der Waals surface area contributed by atoms with Gasteiger partial charge >= 0.3 is 23.2 Å². The molecule has 7 N–H and O–H groups in total. The average Bonchev–Trinajstić information content (AvgIpc) is 3.59. The van der Waals surface area contributed by atoms with Crippen molar-refractivity contribution in [2.45, 2.75) is 54.3 Å². The molecule has 15 nitrogen and oxygen atoms in total. The van der Waals surface area contributed by atoms with Crippen LogP contribution in [0.1, 0.15) is 30.6 Å². The number of aromatic nitrogens is 4. The van der Waals surface area contributed by atoms with E-state index in [0.717, 1.165) is 35.2 Å². The van der Waals surface area contributed by atoms with Gasteiger partial charge in [0.05, 0.1) is 20.3 Å². The van der Waals surface area contributed by atoms with Crippen molar-refractivity contribution in [3.63, 3.8) is 0 Å². The van der Waals surface area contributed by atoms with E-state index in [1.807, 2.05) is 84.9 Å². The van der Waals surface area contributed by atoms with E-state index in [1.165, 1.54) is 6.07 Å². The highest BCUT2D eigenvalue weighted by atomic mass is 19.3. The Kier molecular flexibility index (Phi) is 11.8. The fourth-order valence-corrected chi connectivity index (χ4v) is 6.63. The van der Waals surface area contributed by atoms with E-state index in [4.69, 9.17) is 25.1 Å². The van der Waals surface area contributed by atoms with Crippen molar-refractivity contribution < 1.29 is 53.6 Å². The van der Waals surface area contributed by atoms with Crippen molar-refractivity contribution in [2.75, 3.05) is 31.4 Å². The Morgan fingerprint density at radius 3 is 1.58 bits per heavy atom. The zero-order chi connectivity index (χ0) is 41.1. The first-order valence-corrected chi connectivity index (χ1v) is 17.3. The molecular weight excluding hydrogens is 760 g/mol. The topological polar surface area (TPSA) is 216 Å². The van der Waals surface area contributed by atoms with E-state index >= 15 is 0 Å². The molecule has 0 aliphatic carbocycles. The van der Waals surface area contributed by atoms with E-state index in [1.54, 1.807) is 7.11 Å². The van der Waals surface area contributed by atoms with Crippen molar-refractivity contribution in [2.24, 2.45) is 0 Å². The Labute approximate surface area is 322 Å². The molecule has 0 bridgehead atoms. The van der Waals surface area contributed by atoms with Gasteiger partial charge < -0.3 is 45.7 Å². The van der Waals surface area contributed by atoms with Gasteiger partial charge in [-0.05, 0) is 41.0 Å². The minimum atomic E-state index is -3.81. The third-order valence-corrected chi connectivity index (χ3v) is 9.56. The van der Waals surface area contributed by atoms with Gasteiger partial charge in [-0.25, -0.2) is 9.59 Å². The number of halogens is 4. The minimum Gasteiger partial charge on any atom is -0.497 e. The maximum atomic E-state index is 14.7. The molecular formula is C38H40F4N6O9. The molecule has 2 saturated heterocycles. The summed E-state index contributed by atoms with van der Waals surface area (Å²) in [5.41, 5.74) is 4.65. The van der Waals surface area contributed by atoms with Crippen LogP contribution < -0.4 is 27.2 Å². The summed E-state index contributed by atoms with van der Waals surface area (Å²) in [6.07, 6.45) is -9.47. The lowest BCUT2D eigenvalue weighted by Crippen LogP contribution is -2.42. The van der Waals surface area contributed by atoms with Gasteiger partial charge in [0.1, 0.15) is 35.1 Å². The molecule has 0 spiro atoms. The minimum absolute atomic E-state index is 0. The average molecular weight is 801 g/mol. The number of alkyl halides is 4. The first kappa shape index (κ1) is 40.9. The number of aliphatic hydroxyl groups is 4. The Morgan fingerprint density at radius 1 is 0.737 bits per heavy atom. The van der Waals surface area contributed by atoms with Crippen molar-refractivity contribution in [3.8, 4) is 5.75 Å². The second kappa shape index (κ2) is 16.4. The molecule has 0 saturated carbocycles. The number of benzene rings is 3. The smallest absolute Gasteiger partial charge is 0.351 e. The normalized spacial score (nSPS) is 23.7. The zero-order valence-electron chi connectivity index (χ0n) is 30.0. The lowest BCUT2D eigenvalue weighted by Gasteiger charge is -2.37. The standard InChI is InChI=1S/C29H27F2N3O5.C9H11F2N3O4.H2/c1-38-22-14-12-21(13-15-22)28(19-8-4-2-5-9-19,20-10-6-3-7-11-20)33-24-16-17-34(27(37)32-24)26-29(30,31)25(36)23(18-35)39-26;10-9(11)6(16)4(3-15)18-7(9)14-2-1-5(12)13-8(14)17;/h2-17,23,25-26,35-36H,18H2,1H3,(H,32,33,37);1-2,4,6-7,15-16H,3H2,(H2,12,13,17);1H/t23-,25-,26-;4-,6-,7-;/m11./s1. The van der Waals surface area contributed by atoms with Gasteiger partial charge in [0.25, 0.3) is 0 Å². The Hall–Kier alpha value is -5.70. The molecule has 2 aliphatic rings. The summed E-state index contributed by atoms with van der Waals surface area (Å²) in [6, 6.07) is 29.1. The number of methoxy groups -OCH3 is 1. The van der Waals surface area contributed by atoms with Gasteiger partial charge in [-0.15, -0.1) is 0 Å².